The molecule has 1 atom stereocenters. The molecule has 0 aromatic heterocycles. The fourth-order valence-corrected chi connectivity index (χ4v) is 2.24. The number of hydrogen-bond donors (Lipinski definition) is 3. The van der Waals surface area contributed by atoms with Crippen LogP contribution in [0.1, 0.15) is 13.8 Å². The highest BCUT2D eigenvalue weighted by molar-refractivity contribution is 6.30. The van der Waals surface area contributed by atoms with Crippen LogP contribution in [0.15, 0.2) is 54.6 Å². The Morgan fingerprint density at radius 2 is 1.46 bits per heavy atom. The minimum absolute atomic E-state index is 0.0705. The summed E-state index contributed by atoms with van der Waals surface area (Å²) in [7, 11) is 0. The van der Waals surface area contributed by atoms with Gasteiger partial charge in [-0.05, 0) is 42.3 Å². The Hall–Kier alpha value is -2.53. The number of amides is 3. The number of carbonyl (C=O) groups is 2. The first-order chi connectivity index (χ1) is 11.5. The molecular formula is C18H20ClN3O2. The van der Waals surface area contributed by atoms with E-state index in [4.69, 9.17) is 11.6 Å². The van der Waals surface area contributed by atoms with Crippen LogP contribution >= 0.6 is 11.6 Å². The number of rotatable bonds is 5. The minimum Gasteiger partial charge on any atom is -0.326 e. The van der Waals surface area contributed by atoms with E-state index in [0.717, 1.165) is 0 Å². The molecule has 3 amide bonds. The van der Waals surface area contributed by atoms with Gasteiger partial charge in [-0.25, -0.2) is 4.79 Å². The molecule has 5 nitrogen and oxygen atoms in total. The number of carbonyl (C=O) groups excluding carboxylic acids is 2. The number of nitrogens with one attached hydrogen (secondary N) is 3. The molecule has 0 aliphatic heterocycles. The summed E-state index contributed by atoms with van der Waals surface area (Å²) in [5.74, 6) is -0.352. The van der Waals surface area contributed by atoms with Crippen LogP contribution in [0.2, 0.25) is 5.02 Å². The highest BCUT2D eigenvalue weighted by atomic mass is 35.5. The monoisotopic (exact) mass is 345 g/mol. The lowest BCUT2D eigenvalue weighted by atomic mass is 10.0. The average molecular weight is 346 g/mol. The third-order valence-electron chi connectivity index (χ3n) is 3.38. The quantitative estimate of drug-likeness (QED) is 0.762. The predicted molar refractivity (Wildman–Crippen MR) is 97.3 cm³/mol. The summed E-state index contributed by atoms with van der Waals surface area (Å²) in [5.41, 5.74) is 1.29. The second kappa shape index (κ2) is 8.36. The topological polar surface area (TPSA) is 70.2 Å². The molecule has 6 heteroatoms. The fraction of sp³-hybridized carbons (Fsp3) is 0.222. The third-order valence-corrected chi connectivity index (χ3v) is 3.63. The van der Waals surface area contributed by atoms with Crippen molar-refractivity contribution in [1.29, 1.82) is 0 Å². The molecule has 24 heavy (non-hydrogen) atoms. The highest BCUT2D eigenvalue weighted by Crippen LogP contribution is 2.15. The molecule has 2 rings (SSSR count). The Morgan fingerprint density at radius 1 is 0.875 bits per heavy atom. The van der Waals surface area contributed by atoms with Gasteiger partial charge in [-0.3, -0.25) is 4.79 Å². The van der Waals surface area contributed by atoms with Gasteiger partial charge in [0.15, 0.2) is 0 Å². The summed E-state index contributed by atoms with van der Waals surface area (Å²) in [6, 6.07) is 14.8. The zero-order valence-corrected chi connectivity index (χ0v) is 14.3. The maximum Gasteiger partial charge on any atom is 0.319 e. The van der Waals surface area contributed by atoms with Crippen molar-refractivity contribution in [1.82, 2.24) is 5.32 Å². The zero-order chi connectivity index (χ0) is 17.5. The Bertz CT molecular complexity index is 687. The molecule has 0 fully saturated rings. The average Bonchev–Trinajstić information content (AvgIpc) is 2.55. The molecule has 2 aromatic carbocycles. The second-order valence-corrected chi connectivity index (χ2v) is 6.12. The first-order valence-electron chi connectivity index (χ1n) is 7.64. The number of benzene rings is 2. The van der Waals surface area contributed by atoms with Crippen LogP contribution in [-0.4, -0.2) is 18.0 Å². The molecule has 2 aromatic rings. The van der Waals surface area contributed by atoms with Crippen LogP contribution in [-0.2, 0) is 4.79 Å². The van der Waals surface area contributed by atoms with Gasteiger partial charge in [0.2, 0.25) is 5.91 Å². The van der Waals surface area contributed by atoms with Gasteiger partial charge in [0.25, 0.3) is 0 Å². The molecule has 0 spiro atoms. The first kappa shape index (κ1) is 17.8. The van der Waals surface area contributed by atoms with Gasteiger partial charge >= 0.3 is 6.03 Å². The Balaban J connectivity index is 1.98. The highest BCUT2D eigenvalue weighted by Gasteiger charge is 2.24. The maximum atomic E-state index is 12.4. The van der Waals surface area contributed by atoms with Gasteiger partial charge < -0.3 is 16.0 Å². The Kier molecular flexibility index (Phi) is 6.21. The van der Waals surface area contributed by atoms with Crippen molar-refractivity contribution in [2.24, 2.45) is 5.92 Å². The minimum atomic E-state index is -0.663. The molecular weight excluding hydrogens is 326 g/mol. The summed E-state index contributed by atoms with van der Waals surface area (Å²) < 4.78 is 0. The lowest BCUT2D eigenvalue weighted by Crippen LogP contribution is -2.48. The summed E-state index contributed by atoms with van der Waals surface area (Å²) in [6.07, 6.45) is 0. The molecule has 0 saturated heterocycles. The van der Waals surface area contributed by atoms with Crippen LogP contribution in [0.3, 0.4) is 0 Å². The fourth-order valence-electron chi connectivity index (χ4n) is 2.12. The van der Waals surface area contributed by atoms with Crippen molar-refractivity contribution >= 4 is 34.9 Å². The number of urea groups is 1. The summed E-state index contributed by atoms with van der Waals surface area (Å²) in [5, 5.41) is 8.79. The number of halogens is 1. The molecule has 3 N–H and O–H groups in total. The van der Waals surface area contributed by atoms with Crippen LogP contribution < -0.4 is 16.0 Å². The number of anilines is 2. The van der Waals surface area contributed by atoms with E-state index in [1.54, 1.807) is 36.4 Å². The summed E-state index contributed by atoms with van der Waals surface area (Å²) in [6.45, 7) is 3.74. The maximum absolute atomic E-state index is 12.4. The van der Waals surface area contributed by atoms with Crippen LogP contribution in [0, 0.1) is 5.92 Å². The van der Waals surface area contributed by atoms with Crippen LogP contribution in [0.25, 0.3) is 0 Å². The van der Waals surface area contributed by atoms with Crippen molar-refractivity contribution in [2.45, 2.75) is 19.9 Å². The molecule has 126 valence electrons. The van der Waals surface area contributed by atoms with Crippen LogP contribution in [0.4, 0.5) is 16.2 Å². The lowest BCUT2D eigenvalue weighted by molar-refractivity contribution is -0.118. The van der Waals surface area contributed by atoms with E-state index < -0.39 is 12.1 Å². The standard InChI is InChI=1S/C18H20ClN3O2/c1-12(2)16(17(23)20-15-10-8-13(19)9-11-15)22-18(24)21-14-6-4-3-5-7-14/h3-12,16H,1-2H3,(H,20,23)(H2,21,22,24). The molecule has 0 saturated carbocycles. The molecule has 0 heterocycles. The number of hydrogen-bond acceptors (Lipinski definition) is 2. The zero-order valence-electron chi connectivity index (χ0n) is 13.5. The Morgan fingerprint density at radius 3 is 2.04 bits per heavy atom. The van der Waals surface area contributed by atoms with E-state index in [-0.39, 0.29) is 11.8 Å². The van der Waals surface area contributed by atoms with Crippen molar-refractivity contribution < 1.29 is 9.59 Å². The largest absolute Gasteiger partial charge is 0.326 e. The van der Waals surface area contributed by atoms with E-state index in [0.29, 0.717) is 16.4 Å². The van der Waals surface area contributed by atoms with E-state index in [1.807, 2.05) is 32.0 Å². The van der Waals surface area contributed by atoms with E-state index in [1.165, 1.54) is 0 Å². The summed E-state index contributed by atoms with van der Waals surface area (Å²) in [4.78, 5) is 24.5. The van der Waals surface area contributed by atoms with Crippen molar-refractivity contribution in [3.8, 4) is 0 Å². The molecule has 0 radical (unpaired) electrons. The third kappa shape index (κ3) is 5.28. The van der Waals surface area contributed by atoms with Gasteiger partial charge in [-0.15, -0.1) is 0 Å². The SMILES string of the molecule is CC(C)C(NC(=O)Nc1ccccc1)C(=O)Nc1ccc(Cl)cc1. The van der Waals surface area contributed by atoms with Gasteiger partial charge in [0, 0.05) is 16.4 Å². The van der Waals surface area contributed by atoms with Crippen molar-refractivity contribution in [3.05, 3.63) is 59.6 Å². The molecule has 1 unspecified atom stereocenters. The first-order valence-corrected chi connectivity index (χ1v) is 8.02. The Labute approximate surface area is 146 Å². The normalized spacial score (nSPS) is 11.7. The van der Waals surface area contributed by atoms with E-state index >= 15 is 0 Å². The van der Waals surface area contributed by atoms with Gasteiger partial charge in [-0.2, -0.15) is 0 Å². The van der Waals surface area contributed by atoms with E-state index in [2.05, 4.69) is 16.0 Å². The van der Waals surface area contributed by atoms with Gasteiger partial charge in [0.05, 0.1) is 0 Å². The smallest absolute Gasteiger partial charge is 0.319 e. The molecule has 0 bridgehead atoms. The molecule has 0 aliphatic rings. The van der Waals surface area contributed by atoms with Gasteiger partial charge in [-0.1, -0.05) is 43.6 Å². The lowest BCUT2D eigenvalue weighted by Gasteiger charge is -2.22. The van der Waals surface area contributed by atoms with Crippen molar-refractivity contribution in [3.63, 3.8) is 0 Å². The summed E-state index contributed by atoms with van der Waals surface area (Å²) >= 11 is 5.83. The number of para-hydroxylation sites is 1. The van der Waals surface area contributed by atoms with E-state index in [9.17, 15) is 9.59 Å². The molecule has 0 aliphatic carbocycles. The van der Waals surface area contributed by atoms with Crippen LogP contribution in [0.5, 0.6) is 0 Å². The second-order valence-electron chi connectivity index (χ2n) is 5.68. The predicted octanol–water partition coefficient (Wildman–Crippen LogP) is 4.12. The van der Waals surface area contributed by atoms with Gasteiger partial charge in [0.1, 0.15) is 6.04 Å². The van der Waals surface area contributed by atoms with Crippen molar-refractivity contribution in [2.75, 3.05) is 10.6 Å².